The van der Waals surface area contributed by atoms with Crippen LogP contribution in [0.15, 0.2) is 30.3 Å². The molecule has 3 rings (SSSR count). The molecule has 1 aliphatic heterocycles. The van der Waals surface area contributed by atoms with Crippen LogP contribution >= 0.6 is 0 Å². The third kappa shape index (κ3) is 1.81. The molecule has 1 N–H and O–H groups in total. The van der Waals surface area contributed by atoms with Gasteiger partial charge in [0.1, 0.15) is 12.2 Å². The number of tetrazole rings is 1. The number of hydrogen-bond donors (Lipinski definition) is 1. The lowest BCUT2D eigenvalue weighted by atomic mass is 10.1. The van der Waals surface area contributed by atoms with Gasteiger partial charge in [-0.25, -0.2) is 4.68 Å². The van der Waals surface area contributed by atoms with E-state index in [1.165, 1.54) is 0 Å². The first-order valence-corrected chi connectivity index (χ1v) is 5.46. The third-order valence-electron chi connectivity index (χ3n) is 2.81. The van der Waals surface area contributed by atoms with Crippen LogP contribution in [0.2, 0.25) is 0 Å². The molecule has 0 saturated carbocycles. The summed E-state index contributed by atoms with van der Waals surface area (Å²) in [4.78, 5) is 0. The highest BCUT2D eigenvalue weighted by Gasteiger charge is 2.31. The molecule has 1 aromatic carbocycles. The molecule has 0 bridgehead atoms. The van der Waals surface area contributed by atoms with Gasteiger partial charge in [0, 0.05) is 0 Å². The Kier molecular flexibility index (Phi) is 2.58. The number of aliphatic hydroxyl groups excluding tert-OH is 1. The summed E-state index contributed by atoms with van der Waals surface area (Å²) < 4.78 is 7.48. The van der Waals surface area contributed by atoms with Gasteiger partial charge in [-0.15, -0.1) is 5.10 Å². The van der Waals surface area contributed by atoms with Crippen molar-refractivity contribution >= 4 is 0 Å². The molecule has 0 spiro atoms. The first-order valence-electron chi connectivity index (χ1n) is 5.46. The predicted molar refractivity (Wildman–Crippen MR) is 58.1 cm³/mol. The zero-order valence-electron chi connectivity index (χ0n) is 9.10. The number of rotatable bonds is 2. The fourth-order valence-electron chi connectivity index (χ4n) is 1.97. The van der Waals surface area contributed by atoms with Crippen molar-refractivity contribution in [2.75, 3.05) is 6.61 Å². The van der Waals surface area contributed by atoms with Crippen molar-refractivity contribution in [3.05, 3.63) is 41.7 Å². The topological polar surface area (TPSA) is 73.1 Å². The standard InChI is InChI=1S/C11H12N4O2/c16-7-9-6-15-11(12-13-14-15)10(17-9)8-4-2-1-3-5-8/h1-5,9-10,16H,6-7H2/t9-,10-/m1/s1. The molecular formula is C11H12N4O2. The van der Waals surface area contributed by atoms with Crippen molar-refractivity contribution < 1.29 is 9.84 Å². The van der Waals surface area contributed by atoms with Crippen LogP contribution in [0.3, 0.4) is 0 Å². The van der Waals surface area contributed by atoms with Crippen LogP contribution in [-0.4, -0.2) is 38.0 Å². The molecule has 1 aromatic heterocycles. The number of ether oxygens (including phenoxy) is 1. The smallest absolute Gasteiger partial charge is 0.185 e. The van der Waals surface area contributed by atoms with Gasteiger partial charge in [0.25, 0.3) is 0 Å². The summed E-state index contributed by atoms with van der Waals surface area (Å²) in [5.74, 6) is 0.681. The molecule has 0 radical (unpaired) electrons. The van der Waals surface area contributed by atoms with E-state index in [-0.39, 0.29) is 18.8 Å². The molecule has 2 heterocycles. The molecule has 0 aliphatic carbocycles. The van der Waals surface area contributed by atoms with E-state index in [4.69, 9.17) is 4.74 Å². The summed E-state index contributed by atoms with van der Waals surface area (Å²) in [7, 11) is 0. The van der Waals surface area contributed by atoms with E-state index in [0.717, 1.165) is 5.56 Å². The summed E-state index contributed by atoms with van der Waals surface area (Å²) in [5, 5.41) is 20.7. The van der Waals surface area contributed by atoms with Crippen LogP contribution in [0.4, 0.5) is 0 Å². The predicted octanol–water partition coefficient (Wildman–Crippen LogP) is 0.154. The van der Waals surface area contributed by atoms with Crippen LogP contribution < -0.4 is 0 Å². The molecule has 0 saturated heterocycles. The van der Waals surface area contributed by atoms with Crippen molar-refractivity contribution in [1.82, 2.24) is 20.2 Å². The molecule has 0 unspecified atom stereocenters. The molecule has 88 valence electrons. The van der Waals surface area contributed by atoms with Gasteiger partial charge in [-0.1, -0.05) is 30.3 Å². The van der Waals surface area contributed by atoms with Gasteiger partial charge in [0.05, 0.1) is 13.2 Å². The van der Waals surface area contributed by atoms with Crippen molar-refractivity contribution in [3.63, 3.8) is 0 Å². The molecule has 0 fully saturated rings. The summed E-state index contributed by atoms with van der Waals surface area (Å²) >= 11 is 0. The molecule has 0 amide bonds. The van der Waals surface area contributed by atoms with Crippen molar-refractivity contribution in [2.45, 2.75) is 18.8 Å². The van der Waals surface area contributed by atoms with Crippen LogP contribution in [-0.2, 0) is 11.3 Å². The number of nitrogens with zero attached hydrogens (tertiary/aromatic N) is 4. The van der Waals surface area contributed by atoms with E-state index in [9.17, 15) is 5.11 Å². The Morgan fingerprint density at radius 3 is 2.94 bits per heavy atom. The molecule has 6 heteroatoms. The van der Waals surface area contributed by atoms with E-state index in [1.54, 1.807) is 4.68 Å². The maximum Gasteiger partial charge on any atom is 0.185 e. The second-order valence-corrected chi connectivity index (χ2v) is 3.95. The quantitative estimate of drug-likeness (QED) is 0.798. The lowest BCUT2D eigenvalue weighted by Crippen LogP contribution is -2.34. The van der Waals surface area contributed by atoms with Crippen LogP contribution in [0.25, 0.3) is 0 Å². The number of aliphatic hydroxyl groups is 1. The number of fused-ring (bicyclic) bond motifs is 1. The minimum atomic E-state index is -0.308. The van der Waals surface area contributed by atoms with Crippen LogP contribution in [0, 0.1) is 0 Å². The molecule has 17 heavy (non-hydrogen) atoms. The van der Waals surface area contributed by atoms with Gasteiger partial charge in [-0.05, 0) is 16.0 Å². The van der Waals surface area contributed by atoms with Gasteiger partial charge in [0.15, 0.2) is 5.82 Å². The second-order valence-electron chi connectivity index (χ2n) is 3.95. The zero-order valence-corrected chi connectivity index (χ0v) is 9.10. The SMILES string of the molecule is OC[C@H]1Cn2nnnc2[C@@H](c2ccccc2)O1. The van der Waals surface area contributed by atoms with E-state index in [2.05, 4.69) is 15.5 Å². The van der Waals surface area contributed by atoms with E-state index < -0.39 is 0 Å². The van der Waals surface area contributed by atoms with Gasteiger partial charge in [-0.2, -0.15) is 0 Å². The highest BCUT2D eigenvalue weighted by Crippen LogP contribution is 2.28. The maximum absolute atomic E-state index is 9.21. The lowest BCUT2D eigenvalue weighted by Gasteiger charge is -2.28. The van der Waals surface area contributed by atoms with Gasteiger partial charge in [0.2, 0.25) is 0 Å². The third-order valence-corrected chi connectivity index (χ3v) is 2.81. The molecule has 1 aliphatic rings. The molecule has 2 aromatic rings. The second kappa shape index (κ2) is 4.23. The largest absolute Gasteiger partial charge is 0.394 e. The Bertz CT molecular complexity index is 499. The highest BCUT2D eigenvalue weighted by atomic mass is 16.5. The zero-order chi connectivity index (χ0) is 11.7. The number of hydrogen-bond acceptors (Lipinski definition) is 5. The molecular weight excluding hydrogens is 220 g/mol. The summed E-state index contributed by atoms with van der Waals surface area (Å²) in [6.07, 6.45) is -0.576. The van der Waals surface area contributed by atoms with Gasteiger partial charge < -0.3 is 9.84 Å². The first-order chi connectivity index (χ1) is 8.38. The monoisotopic (exact) mass is 232 g/mol. The minimum Gasteiger partial charge on any atom is -0.394 e. The Morgan fingerprint density at radius 1 is 1.35 bits per heavy atom. The van der Waals surface area contributed by atoms with E-state index >= 15 is 0 Å². The van der Waals surface area contributed by atoms with Crippen LogP contribution in [0.5, 0.6) is 0 Å². The van der Waals surface area contributed by atoms with E-state index in [0.29, 0.717) is 12.4 Å². The first kappa shape index (κ1) is 10.4. The van der Waals surface area contributed by atoms with Crippen molar-refractivity contribution in [2.24, 2.45) is 0 Å². The van der Waals surface area contributed by atoms with Gasteiger partial charge in [-0.3, -0.25) is 0 Å². The maximum atomic E-state index is 9.21. The Balaban J connectivity index is 2.00. The molecule has 2 atom stereocenters. The minimum absolute atomic E-state index is 0.0391. The van der Waals surface area contributed by atoms with E-state index in [1.807, 2.05) is 30.3 Å². The van der Waals surface area contributed by atoms with Crippen LogP contribution in [0.1, 0.15) is 17.5 Å². The summed E-state index contributed by atoms with van der Waals surface area (Å²) in [5.41, 5.74) is 0.988. The molecule has 6 nitrogen and oxygen atoms in total. The fraction of sp³-hybridized carbons (Fsp3) is 0.364. The van der Waals surface area contributed by atoms with Crippen molar-refractivity contribution in [1.29, 1.82) is 0 Å². The fourth-order valence-corrected chi connectivity index (χ4v) is 1.97. The Morgan fingerprint density at radius 2 is 2.18 bits per heavy atom. The van der Waals surface area contributed by atoms with Crippen molar-refractivity contribution in [3.8, 4) is 0 Å². The van der Waals surface area contributed by atoms with Gasteiger partial charge >= 0.3 is 0 Å². The number of aromatic nitrogens is 4. The normalized spacial score (nSPS) is 23.4. The Hall–Kier alpha value is -1.79. The average molecular weight is 232 g/mol. The summed E-state index contributed by atoms with van der Waals surface area (Å²) in [6.45, 7) is 0.449. The average Bonchev–Trinajstić information content (AvgIpc) is 2.86. The Labute approximate surface area is 97.8 Å². The lowest BCUT2D eigenvalue weighted by molar-refractivity contribution is -0.0579. The highest BCUT2D eigenvalue weighted by molar-refractivity contribution is 5.23. The number of benzene rings is 1. The summed E-state index contributed by atoms with van der Waals surface area (Å²) in [6, 6.07) is 9.75.